The van der Waals surface area contributed by atoms with Crippen LogP contribution in [0.4, 0.5) is 13.2 Å². The summed E-state index contributed by atoms with van der Waals surface area (Å²) in [5.41, 5.74) is 0. The lowest BCUT2D eigenvalue weighted by Crippen LogP contribution is -2.53. The van der Waals surface area contributed by atoms with Crippen LogP contribution in [0, 0.1) is 11.8 Å². The standard InChI is InChI=1S/C20H28F3N3O6S/c21-20(22,23)32-13-2-1-3-14(9-13)33(30,31)25-12-4-5-15-11(8-12)10-26(19(15)29)16-6-7-17(27)24-18(16)28/h11-16,25H,1-10H2,(H,24,27,28). The van der Waals surface area contributed by atoms with Gasteiger partial charge in [0.2, 0.25) is 27.7 Å². The van der Waals surface area contributed by atoms with Gasteiger partial charge in [-0.3, -0.25) is 24.4 Å². The molecule has 4 fully saturated rings. The van der Waals surface area contributed by atoms with Crippen LogP contribution >= 0.6 is 0 Å². The number of alkyl halides is 3. The summed E-state index contributed by atoms with van der Waals surface area (Å²) in [7, 11) is -3.86. The Morgan fingerprint density at radius 1 is 1.03 bits per heavy atom. The van der Waals surface area contributed by atoms with Gasteiger partial charge in [0.15, 0.2) is 0 Å². The zero-order valence-corrected chi connectivity index (χ0v) is 18.8. The third-order valence-electron chi connectivity index (χ3n) is 7.25. The summed E-state index contributed by atoms with van der Waals surface area (Å²) < 4.78 is 70.1. The van der Waals surface area contributed by atoms with Crippen LogP contribution in [-0.4, -0.2) is 67.4 Å². The van der Waals surface area contributed by atoms with E-state index in [1.807, 2.05) is 0 Å². The highest BCUT2D eigenvalue weighted by Gasteiger charge is 2.49. The molecule has 4 rings (SSSR count). The Morgan fingerprint density at radius 2 is 1.79 bits per heavy atom. The van der Waals surface area contributed by atoms with Crippen LogP contribution in [0.1, 0.15) is 57.8 Å². The maximum absolute atomic E-state index is 12.9. The zero-order valence-electron chi connectivity index (χ0n) is 18.0. The Balaban J connectivity index is 1.35. The van der Waals surface area contributed by atoms with Crippen LogP contribution in [0.2, 0.25) is 0 Å². The monoisotopic (exact) mass is 495 g/mol. The van der Waals surface area contributed by atoms with Gasteiger partial charge in [-0.05, 0) is 57.3 Å². The molecule has 3 amide bonds. The molecule has 2 saturated heterocycles. The molecule has 0 spiro atoms. The normalized spacial score (nSPS) is 36.0. The molecule has 6 atom stereocenters. The van der Waals surface area contributed by atoms with Gasteiger partial charge in [0, 0.05) is 24.9 Å². The first-order valence-corrected chi connectivity index (χ1v) is 12.9. The number of carbonyl (C=O) groups excluding carboxylic acids is 3. The van der Waals surface area contributed by atoms with Gasteiger partial charge in [-0.2, -0.15) is 0 Å². The zero-order chi connectivity index (χ0) is 24.0. The van der Waals surface area contributed by atoms with E-state index in [1.54, 1.807) is 0 Å². The molecule has 2 N–H and O–H groups in total. The molecule has 9 nitrogen and oxygen atoms in total. The third-order valence-corrected chi connectivity index (χ3v) is 9.22. The molecule has 0 bridgehead atoms. The molecule has 33 heavy (non-hydrogen) atoms. The number of hydrogen-bond donors (Lipinski definition) is 2. The van der Waals surface area contributed by atoms with Gasteiger partial charge in [0.25, 0.3) is 0 Å². The largest absolute Gasteiger partial charge is 0.522 e. The van der Waals surface area contributed by atoms with E-state index in [0.717, 1.165) is 0 Å². The van der Waals surface area contributed by atoms with E-state index in [2.05, 4.69) is 14.8 Å². The number of nitrogens with zero attached hydrogens (tertiary/aromatic N) is 1. The second-order valence-corrected chi connectivity index (χ2v) is 11.5. The van der Waals surface area contributed by atoms with Gasteiger partial charge in [0.05, 0.1) is 11.4 Å². The van der Waals surface area contributed by atoms with Crippen molar-refractivity contribution in [3.63, 3.8) is 0 Å². The first kappa shape index (κ1) is 24.4. The molecule has 0 aromatic carbocycles. The van der Waals surface area contributed by atoms with Crippen molar-refractivity contribution in [1.29, 1.82) is 0 Å². The van der Waals surface area contributed by atoms with Crippen molar-refractivity contribution >= 4 is 27.7 Å². The molecule has 0 radical (unpaired) electrons. The lowest BCUT2D eigenvalue weighted by Gasteiger charge is -2.33. The fraction of sp³-hybridized carbons (Fsp3) is 0.850. The molecule has 2 saturated carbocycles. The molecule has 13 heteroatoms. The van der Waals surface area contributed by atoms with E-state index >= 15 is 0 Å². The van der Waals surface area contributed by atoms with Crippen LogP contribution < -0.4 is 10.0 Å². The first-order valence-electron chi connectivity index (χ1n) is 11.3. The van der Waals surface area contributed by atoms with Gasteiger partial charge in [-0.25, -0.2) is 13.1 Å². The molecule has 186 valence electrons. The van der Waals surface area contributed by atoms with Crippen LogP contribution in [0.25, 0.3) is 0 Å². The smallest absolute Gasteiger partial charge is 0.330 e. The topological polar surface area (TPSA) is 122 Å². The predicted octanol–water partition coefficient (Wildman–Crippen LogP) is 1.19. The van der Waals surface area contributed by atoms with Crippen LogP contribution in [0.3, 0.4) is 0 Å². The summed E-state index contributed by atoms with van der Waals surface area (Å²) >= 11 is 0. The predicted molar refractivity (Wildman–Crippen MR) is 108 cm³/mol. The maximum atomic E-state index is 12.9. The number of carbonyl (C=O) groups is 3. The molecular weight excluding hydrogens is 467 g/mol. The van der Waals surface area contributed by atoms with Gasteiger partial charge >= 0.3 is 6.36 Å². The van der Waals surface area contributed by atoms with Gasteiger partial charge in [0.1, 0.15) is 6.04 Å². The van der Waals surface area contributed by atoms with Crippen molar-refractivity contribution in [2.24, 2.45) is 11.8 Å². The molecule has 2 aliphatic carbocycles. The summed E-state index contributed by atoms with van der Waals surface area (Å²) in [5, 5.41) is 1.30. The average Bonchev–Trinajstić information content (AvgIpc) is 3.02. The number of ether oxygens (including phenoxy) is 1. The Labute approximate surface area is 189 Å². The minimum Gasteiger partial charge on any atom is -0.330 e. The highest BCUT2D eigenvalue weighted by atomic mass is 32.2. The summed E-state index contributed by atoms with van der Waals surface area (Å²) in [5.74, 6) is -1.41. The number of amides is 3. The second-order valence-electron chi connectivity index (χ2n) is 9.47. The first-order chi connectivity index (χ1) is 15.4. The Bertz CT molecular complexity index is 911. The number of piperidine rings is 1. The maximum Gasteiger partial charge on any atom is 0.522 e. The van der Waals surface area contributed by atoms with E-state index in [-0.39, 0.29) is 55.8 Å². The fourth-order valence-corrected chi connectivity index (χ4v) is 7.54. The number of fused-ring (bicyclic) bond motifs is 1. The molecule has 4 aliphatic rings. The average molecular weight is 496 g/mol. The van der Waals surface area contributed by atoms with Gasteiger partial charge in [-0.15, -0.1) is 13.2 Å². The van der Waals surface area contributed by atoms with Crippen molar-refractivity contribution < 1.29 is 40.7 Å². The lowest BCUT2D eigenvalue weighted by molar-refractivity contribution is -0.345. The van der Waals surface area contributed by atoms with Crippen LogP contribution in [-0.2, 0) is 29.1 Å². The van der Waals surface area contributed by atoms with Crippen molar-refractivity contribution in [2.45, 2.75) is 87.6 Å². The second kappa shape index (κ2) is 9.14. The van der Waals surface area contributed by atoms with E-state index in [0.29, 0.717) is 32.2 Å². The summed E-state index contributed by atoms with van der Waals surface area (Å²) in [6.07, 6.45) is -3.68. The van der Waals surface area contributed by atoms with Crippen LogP contribution in [0.15, 0.2) is 0 Å². The number of sulfonamides is 1. The van der Waals surface area contributed by atoms with E-state index in [1.165, 1.54) is 4.90 Å². The van der Waals surface area contributed by atoms with E-state index in [9.17, 15) is 36.0 Å². The van der Waals surface area contributed by atoms with Crippen molar-refractivity contribution in [3.05, 3.63) is 0 Å². The number of rotatable bonds is 5. The minimum absolute atomic E-state index is 0.128. The Kier molecular flexibility index (Phi) is 6.76. The third kappa shape index (κ3) is 5.51. The number of halogens is 3. The van der Waals surface area contributed by atoms with Gasteiger partial charge < -0.3 is 4.90 Å². The summed E-state index contributed by atoms with van der Waals surface area (Å²) in [6, 6.07) is -1.11. The number of imide groups is 1. The highest BCUT2D eigenvalue weighted by molar-refractivity contribution is 7.90. The number of hydrogen-bond acceptors (Lipinski definition) is 6. The Hall–Kier alpha value is -1.73. The molecular formula is C20H28F3N3O6S. The van der Waals surface area contributed by atoms with E-state index in [4.69, 9.17) is 0 Å². The van der Waals surface area contributed by atoms with Gasteiger partial charge in [-0.1, -0.05) is 0 Å². The SMILES string of the molecule is O=C1CCC(N2CC3CC(NS(=O)(=O)C4CCCC(OC(F)(F)F)C4)CCC3C2=O)C(=O)N1. The van der Waals surface area contributed by atoms with Crippen LogP contribution in [0.5, 0.6) is 0 Å². The molecule has 2 aliphatic heterocycles. The number of nitrogens with one attached hydrogen (secondary N) is 2. The summed E-state index contributed by atoms with van der Waals surface area (Å²) in [6.45, 7) is 0.318. The summed E-state index contributed by atoms with van der Waals surface area (Å²) in [4.78, 5) is 38.0. The lowest BCUT2D eigenvalue weighted by atomic mass is 9.79. The molecule has 0 aromatic heterocycles. The van der Waals surface area contributed by atoms with Crippen molar-refractivity contribution in [1.82, 2.24) is 14.9 Å². The van der Waals surface area contributed by atoms with E-state index < -0.39 is 45.7 Å². The molecule has 0 aromatic rings. The van der Waals surface area contributed by atoms with Crippen molar-refractivity contribution in [2.75, 3.05) is 6.54 Å². The molecule has 2 heterocycles. The quantitative estimate of drug-likeness (QED) is 0.553. The Morgan fingerprint density at radius 3 is 2.48 bits per heavy atom. The molecule has 6 unspecified atom stereocenters. The highest BCUT2D eigenvalue weighted by Crippen LogP contribution is 2.39. The van der Waals surface area contributed by atoms with Crippen molar-refractivity contribution in [3.8, 4) is 0 Å². The fourth-order valence-electron chi connectivity index (χ4n) is 5.72. The minimum atomic E-state index is -4.80. The number of likely N-dealkylation sites (tertiary alicyclic amines) is 1.